The monoisotopic (exact) mass is 290 g/mol. The number of hydrogen-bond donors (Lipinski definition) is 2. The molecule has 0 spiro atoms. The van der Waals surface area contributed by atoms with Crippen molar-refractivity contribution in [2.24, 2.45) is 0 Å². The van der Waals surface area contributed by atoms with Gasteiger partial charge >= 0.3 is 5.97 Å². The molecule has 0 aliphatic rings. The fourth-order valence-corrected chi connectivity index (χ4v) is 2.29. The molecule has 0 aliphatic carbocycles. The second-order valence-corrected chi connectivity index (χ2v) is 5.15. The molecule has 0 fully saturated rings. The number of imidazole rings is 1. The zero-order valence-electron chi connectivity index (χ0n) is 8.54. The molecule has 1 aromatic heterocycles. The van der Waals surface area contributed by atoms with Gasteiger partial charge in [0.2, 0.25) is 0 Å². The van der Waals surface area contributed by atoms with Crippen LogP contribution < -0.4 is 0 Å². The van der Waals surface area contributed by atoms with E-state index in [4.69, 9.17) is 28.3 Å². The highest BCUT2D eigenvalue weighted by atomic mass is 35.5. The van der Waals surface area contributed by atoms with E-state index >= 15 is 0 Å². The van der Waals surface area contributed by atoms with Gasteiger partial charge in [-0.2, -0.15) is 0 Å². The van der Waals surface area contributed by atoms with Crippen molar-refractivity contribution in [1.29, 1.82) is 0 Å². The minimum atomic E-state index is -0.836. The van der Waals surface area contributed by atoms with Crippen LogP contribution in [0.2, 0.25) is 10.0 Å². The number of aromatic amines is 1. The first-order valence-electron chi connectivity index (χ1n) is 4.69. The van der Waals surface area contributed by atoms with Crippen LogP contribution in [-0.2, 0) is 10.5 Å². The Bertz CT molecular complexity index is 532. The lowest BCUT2D eigenvalue weighted by Crippen LogP contribution is -1.98. The maximum absolute atomic E-state index is 10.4. The number of fused-ring (bicyclic) bond motifs is 1. The van der Waals surface area contributed by atoms with Crippen LogP contribution in [0.1, 0.15) is 5.82 Å². The second kappa shape index (κ2) is 5.16. The number of benzene rings is 1. The molecule has 0 bridgehead atoms. The fraction of sp³-hybridized carbons (Fsp3) is 0.200. The van der Waals surface area contributed by atoms with Gasteiger partial charge in [-0.1, -0.05) is 23.2 Å². The lowest BCUT2D eigenvalue weighted by atomic mass is 10.3. The van der Waals surface area contributed by atoms with Crippen molar-refractivity contribution in [1.82, 2.24) is 9.97 Å². The summed E-state index contributed by atoms with van der Waals surface area (Å²) in [5, 5.41) is 9.44. The van der Waals surface area contributed by atoms with Crippen LogP contribution in [0.3, 0.4) is 0 Å². The van der Waals surface area contributed by atoms with Crippen molar-refractivity contribution in [3.05, 3.63) is 28.0 Å². The molecule has 2 rings (SSSR count). The van der Waals surface area contributed by atoms with E-state index in [1.807, 2.05) is 0 Å². The summed E-state index contributed by atoms with van der Waals surface area (Å²) < 4.78 is 0. The van der Waals surface area contributed by atoms with Gasteiger partial charge < -0.3 is 10.1 Å². The maximum atomic E-state index is 10.4. The molecule has 0 amide bonds. The number of H-pyrrole nitrogens is 1. The fourth-order valence-electron chi connectivity index (χ4n) is 1.36. The third-order valence-electron chi connectivity index (χ3n) is 2.04. The first-order valence-corrected chi connectivity index (χ1v) is 6.60. The van der Waals surface area contributed by atoms with Crippen LogP contribution in [0.25, 0.3) is 11.0 Å². The predicted octanol–water partition coefficient (Wildman–Crippen LogP) is 3.19. The summed E-state index contributed by atoms with van der Waals surface area (Å²) in [4.78, 5) is 17.7. The Balaban J connectivity index is 2.17. The molecule has 0 atom stereocenters. The van der Waals surface area contributed by atoms with Crippen molar-refractivity contribution < 1.29 is 9.90 Å². The third kappa shape index (κ3) is 3.06. The van der Waals surface area contributed by atoms with Crippen LogP contribution in [0.4, 0.5) is 0 Å². The van der Waals surface area contributed by atoms with Crippen molar-refractivity contribution in [3.8, 4) is 0 Å². The summed E-state index contributed by atoms with van der Waals surface area (Å²) in [6.07, 6.45) is 0. The molecular weight excluding hydrogens is 283 g/mol. The number of aliphatic carboxylic acids is 1. The van der Waals surface area contributed by atoms with Crippen LogP contribution in [0.15, 0.2) is 12.1 Å². The largest absolute Gasteiger partial charge is 0.481 e. The predicted molar refractivity (Wildman–Crippen MR) is 69.9 cm³/mol. The topological polar surface area (TPSA) is 66.0 Å². The van der Waals surface area contributed by atoms with Crippen molar-refractivity contribution in [3.63, 3.8) is 0 Å². The number of aromatic nitrogens is 2. The third-order valence-corrected chi connectivity index (χ3v) is 3.69. The number of carboxylic acids is 1. The highest BCUT2D eigenvalue weighted by Gasteiger charge is 2.07. The van der Waals surface area contributed by atoms with Crippen LogP contribution in [-0.4, -0.2) is 26.8 Å². The number of halogens is 2. The molecule has 2 aromatic rings. The molecule has 90 valence electrons. The normalized spacial score (nSPS) is 10.9. The van der Waals surface area contributed by atoms with Crippen molar-refractivity contribution in [2.75, 3.05) is 5.75 Å². The molecule has 2 N–H and O–H groups in total. The summed E-state index contributed by atoms with van der Waals surface area (Å²) in [6, 6.07) is 3.39. The van der Waals surface area contributed by atoms with Gasteiger partial charge in [0.15, 0.2) is 0 Å². The number of rotatable bonds is 4. The quantitative estimate of drug-likeness (QED) is 0.908. The van der Waals surface area contributed by atoms with Crippen LogP contribution in [0, 0.1) is 0 Å². The Morgan fingerprint density at radius 2 is 2.12 bits per heavy atom. The number of carboxylic acid groups (broad SMARTS) is 1. The Morgan fingerprint density at radius 1 is 1.41 bits per heavy atom. The first kappa shape index (κ1) is 12.5. The Morgan fingerprint density at radius 3 is 2.82 bits per heavy atom. The minimum absolute atomic E-state index is 0.0541. The van der Waals surface area contributed by atoms with Crippen LogP contribution in [0.5, 0.6) is 0 Å². The molecule has 4 nitrogen and oxygen atoms in total. The smallest absolute Gasteiger partial charge is 0.313 e. The van der Waals surface area contributed by atoms with E-state index in [0.717, 1.165) is 11.0 Å². The highest BCUT2D eigenvalue weighted by molar-refractivity contribution is 7.99. The van der Waals surface area contributed by atoms with E-state index in [0.29, 0.717) is 21.6 Å². The van der Waals surface area contributed by atoms with Gasteiger partial charge in [0, 0.05) is 0 Å². The molecule has 0 saturated carbocycles. The Kier molecular flexibility index (Phi) is 3.81. The minimum Gasteiger partial charge on any atom is -0.481 e. The van der Waals surface area contributed by atoms with E-state index in [1.165, 1.54) is 11.8 Å². The molecule has 1 aromatic carbocycles. The molecule has 17 heavy (non-hydrogen) atoms. The van der Waals surface area contributed by atoms with Gasteiger partial charge in [-0.05, 0) is 12.1 Å². The Labute approximate surface area is 111 Å². The number of hydrogen-bond acceptors (Lipinski definition) is 3. The lowest BCUT2D eigenvalue weighted by molar-refractivity contribution is -0.133. The first-order chi connectivity index (χ1) is 8.06. The molecule has 1 heterocycles. The zero-order chi connectivity index (χ0) is 12.4. The summed E-state index contributed by atoms with van der Waals surface area (Å²) in [7, 11) is 0. The molecule has 0 aliphatic heterocycles. The SMILES string of the molecule is O=C(O)CSCc1nc2cc(Cl)c(Cl)cc2[nH]1. The maximum Gasteiger partial charge on any atom is 0.313 e. The second-order valence-electron chi connectivity index (χ2n) is 3.35. The zero-order valence-corrected chi connectivity index (χ0v) is 10.9. The standard InChI is InChI=1S/C10H8Cl2N2O2S/c11-5-1-7-8(2-6(5)12)14-9(13-7)3-17-4-10(15)16/h1-2H,3-4H2,(H,13,14)(H,15,16). The number of nitrogens with zero attached hydrogens (tertiary/aromatic N) is 1. The number of thioether (sulfide) groups is 1. The van der Waals surface area contributed by atoms with Gasteiger partial charge in [-0.15, -0.1) is 11.8 Å². The number of nitrogens with one attached hydrogen (secondary N) is 1. The summed E-state index contributed by atoms with van der Waals surface area (Å²) in [5.74, 6) is 0.441. The average Bonchev–Trinajstić information content (AvgIpc) is 2.60. The lowest BCUT2D eigenvalue weighted by Gasteiger charge is -1.93. The van der Waals surface area contributed by atoms with Gasteiger partial charge in [-0.3, -0.25) is 4.79 Å². The molecular formula is C10H8Cl2N2O2S. The van der Waals surface area contributed by atoms with E-state index in [-0.39, 0.29) is 5.75 Å². The Hall–Kier alpha value is -0.910. The molecule has 0 saturated heterocycles. The van der Waals surface area contributed by atoms with Crippen LogP contribution >= 0.6 is 35.0 Å². The van der Waals surface area contributed by atoms with E-state index < -0.39 is 5.97 Å². The van der Waals surface area contributed by atoms with Crippen molar-refractivity contribution >= 4 is 52.0 Å². The summed E-state index contributed by atoms with van der Waals surface area (Å²) >= 11 is 13.0. The van der Waals surface area contributed by atoms with Crippen molar-refractivity contribution in [2.45, 2.75) is 5.75 Å². The average molecular weight is 291 g/mol. The summed E-state index contributed by atoms with van der Waals surface area (Å²) in [5.41, 5.74) is 1.52. The van der Waals surface area contributed by atoms with Gasteiger partial charge in [0.1, 0.15) is 5.82 Å². The van der Waals surface area contributed by atoms with E-state index in [1.54, 1.807) is 12.1 Å². The molecule has 0 unspecified atom stereocenters. The number of carbonyl (C=O) groups is 1. The molecule has 7 heteroatoms. The van der Waals surface area contributed by atoms with E-state index in [9.17, 15) is 4.79 Å². The molecule has 0 radical (unpaired) electrons. The van der Waals surface area contributed by atoms with Gasteiger partial charge in [-0.25, -0.2) is 4.98 Å². The highest BCUT2D eigenvalue weighted by Crippen LogP contribution is 2.27. The van der Waals surface area contributed by atoms with E-state index in [2.05, 4.69) is 9.97 Å². The van der Waals surface area contributed by atoms with Gasteiger partial charge in [0.05, 0.1) is 32.6 Å². The summed E-state index contributed by atoms with van der Waals surface area (Å²) in [6.45, 7) is 0. The van der Waals surface area contributed by atoms with Gasteiger partial charge in [0.25, 0.3) is 0 Å².